The number of aliphatic hydroxyl groups is 1. The van der Waals surface area contributed by atoms with E-state index in [9.17, 15) is 4.79 Å². The van der Waals surface area contributed by atoms with Gasteiger partial charge < -0.3 is 10.4 Å². The lowest BCUT2D eigenvalue weighted by molar-refractivity contribution is 0.0993. The SMILES string of the molecule is O=C(CNCCO)c1cccs1. The van der Waals surface area contributed by atoms with Gasteiger partial charge in [-0.3, -0.25) is 4.79 Å². The molecule has 0 saturated carbocycles. The number of carbonyl (C=O) groups excluding carboxylic acids is 1. The van der Waals surface area contributed by atoms with Crippen molar-refractivity contribution in [3.63, 3.8) is 0 Å². The van der Waals surface area contributed by atoms with E-state index >= 15 is 0 Å². The second kappa shape index (κ2) is 5.03. The number of ketones is 1. The quantitative estimate of drug-likeness (QED) is 0.519. The van der Waals surface area contributed by atoms with Gasteiger partial charge in [-0.05, 0) is 11.4 Å². The van der Waals surface area contributed by atoms with Gasteiger partial charge in [0.1, 0.15) is 0 Å². The van der Waals surface area contributed by atoms with Crippen LogP contribution < -0.4 is 5.32 Å². The normalized spacial score (nSPS) is 10.1. The minimum atomic E-state index is 0.0672. The third-order valence-corrected chi connectivity index (χ3v) is 2.28. The molecule has 66 valence electrons. The molecule has 2 N–H and O–H groups in total. The Labute approximate surface area is 75.0 Å². The zero-order valence-electron chi connectivity index (χ0n) is 6.62. The van der Waals surface area contributed by atoms with Gasteiger partial charge in [0.15, 0.2) is 5.78 Å². The number of carbonyl (C=O) groups is 1. The average molecular weight is 185 g/mol. The van der Waals surface area contributed by atoms with Gasteiger partial charge in [-0.2, -0.15) is 0 Å². The number of nitrogens with one attached hydrogen (secondary N) is 1. The first kappa shape index (κ1) is 9.38. The molecular weight excluding hydrogens is 174 g/mol. The Morgan fingerprint density at radius 3 is 3.08 bits per heavy atom. The summed E-state index contributed by atoms with van der Waals surface area (Å²) in [6.07, 6.45) is 0. The van der Waals surface area contributed by atoms with Crippen LogP contribution >= 0.6 is 11.3 Å². The van der Waals surface area contributed by atoms with Crippen molar-refractivity contribution in [2.45, 2.75) is 0 Å². The fourth-order valence-electron chi connectivity index (χ4n) is 0.805. The molecule has 0 spiro atoms. The molecule has 0 aliphatic heterocycles. The van der Waals surface area contributed by atoms with Crippen LogP contribution in [0.3, 0.4) is 0 Å². The average Bonchev–Trinajstić information content (AvgIpc) is 2.56. The Morgan fingerprint density at radius 1 is 1.67 bits per heavy atom. The molecule has 4 heteroatoms. The lowest BCUT2D eigenvalue weighted by Crippen LogP contribution is -2.25. The fraction of sp³-hybridized carbons (Fsp3) is 0.375. The minimum absolute atomic E-state index is 0.0672. The van der Waals surface area contributed by atoms with Gasteiger partial charge in [0, 0.05) is 6.54 Å². The Hall–Kier alpha value is -0.710. The van der Waals surface area contributed by atoms with E-state index < -0.39 is 0 Å². The molecule has 1 heterocycles. The van der Waals surface area contributed by atoms with Gasteiger partial charge in [-0.25, -0.2) is 0 Å². The van der Waals surface area contributed by atoms with Crippen molar-refractivity contribution in [1.82, 2.24) is 5.32 Å². The molecule has 0 aromatic carbocycles. The van der Waals surface area contributed by atoms with E-state index in [4.69, 9.17) is 5.11 Å². The smallest absolute Gasteiger partial charge is 0.186 e. The van der Waals surface area contributed by atoms with E-state index in [1.165, 1.54) is 11.3 Å². The van der Waals surface area contributed by atoms with Crippen molar-refractivity contribution in [3.8, 4) is 0 Å². The zero-order valence-corrected chi connectivity index (χ0v) is 7.43. The number of hydrogen-bond donors (Lipinski definition) is 2. The van der Waals surface area contributed by atoms with E-state index in [-0.39, 0.29) is 12.4 Å². The summed E-state index contributed by atoms with van der Waals surface area (Å²) in [7, 11) is 0. The first-order valence-corrected chi connectivity index (χ1v) is 4.61. The molecule has 0 amide bonds. The van der Waals surface area contributed by atoms with Crippen molar-refractivity contribution in [2.24, 2.45) is 0 Å². The van der Waals surface area contributed by atoms with Crippen LogP contribution in [0.4, 0.5) is 0 Å². The van der Waals surface area contributed by atoms with Gasteiger partial charge in [-0.15, -0.1) is 11.3 Å². The van der Waals surface area contributed by atoms with Crippen molar-refractivity contribution in [3.05, 3.63) is 22.4 Å². The molecule has 0 bridgehead atoms. The summed E-state index contributed by atoms with van der Waals surface area (Å²) >= 11 is 1.44. The first-order valence-electron chi connectivity index (χ1n) is 3.73. The van der Waals surface area contributed by atoms with E-state index in [1.807, 2.05) is 11.4 Å². The molecule has 0 atom stereocenters. The lowest BCUT2D eigenvalue weighted by Gasteiger charge is -1.98. The molecule has 0 aliphatic rings. The van der Waals surface area contributed by atoms with Gasteiger partial charge in [0.05, 0.1) is 18.0 Å². The van der Waals surface area contributed by atoms with Crippen molar-refractivity contribution in [1.29, 1.82) is 0 Å². The minimum Gasteiger partial charge on any atom is -0.395 e. The van der Waals surface area contributed by atoms with Gasteiger partial charge >= 0.3 is 0 Å². The number of thiophene rings is 1. The third-order valence-electron chi connectivity index (χ3n) is 1.37. The van der Waals surface area contributed by atoms with E-state index in [0.29, 0.717) is 13.1 Å². The molecule has 1 aromatic rings. The van der Waals surface area contributed by atoms with Gasteiger partial charge in [0.25, 0.3) is 0 Å². The van der Waals surface area contributed by atoms with Gasteiger partial charge in [0.2, 0.25) is 0 Å². The van der Waals surface area contributed by atoms with E-state index in [2.05, 4.69) is 5.32 Å². The standard InChI is InChI=1S/C8H11NO2S/c10-4-3-9-6-7(11)8-2-1-5-12-8/h1-2,5,9-10H,3-4,6H2. The largest absolute Gasteiger partial charge is 0.395 e. The third kappa shape index (κ3) is 2.73. The molecule has 0 fully saturated rings. The highest BCUT2D eigenvalue weighted by Gasteiger charge is 2.04. The Balaban J connectivity index is 2.30. The number of hydrogen-bond acceptors (Lipinski definition) is 4. The summed E-state index contributed by atoms with van der Waals surface area (Å²) in [5.74, 6) is 0.0819. The molecule has 0 unspecified atom stereocenters. The monoisotopic (exact) mass is 185 g/mol. The second-order valence-electron chi connectivity index (χ2n) is 2.30. The maximum atomic E-state index is 11.2. The molecule has 0 saturated heterocycles. The van der Waals surface area contributed by atoms with Crippen molar-refractivity contribution in [2.75, 3.05) is 19.7 Å². The predicted octanol–water partition coefficient (Wildman–Crippen LogP) is 0.513. The summed E-state index contributed by atoms with van der Waals surface area (Å²) in [4.78, 5) is 12.0. The summed E-state index contributed by atoms with van der Waals surface area (Å²) in [5, 5.41) is 13.1. The summed E-state index contributed by atoms with van der Waals surface area (Å²) in [6, 6.07) is 3.65. The molecular formula is C8H11NO2S. The Kier molecular flexibility index (Phi) is 3.93. The fourth-order valence-corrected chi connectivity index (χ4v) is 1.47. The summed E-state index contributed by atoms with van der Waals surface area (Å²) in [5.41, 5.74) is 0. The van der Waals surface area contributed by atoms with E-state index in [1.54, 1.807) is 6.07 Å². The summed E-state index contributed by atoms with van der Waals surface area (Å²) in [6.45, 7) is 0.843. The van der Waals surface area contributed by atoms with Gasteiger partial charge in [-0.1, -0.05) is 6.07 Å². The number of Topliss-reactive ketones (excluding diaryl/α,β-unsaturated/α-hetero) is 1. The predicted molar refractivity (Wildman–Crippen MR) is 48.6 cm³/mol. The van der Waals surface area contributed by atoms with Crippen LogP contribution in [-0.2, 0) is 0 Å². The van der Waals surface area contributed by atoms with Crippen LogP contribution in [0.15, 0.2) is 17.5 Å². The number of rotatable bonds is 5. The van der Waals surface area contributed by atoms with Crippen molar-refractivity contribution < 1.29 is 9.90 Å². The second-order valence-corrected chi connectivity index (χ2v) is 3.25. The molecule has 0 radical (unpaired) electrons. The first-order chi connectivity index (χ1) is 5.84. The highest BCUT2D eigenvalue weighted by molar-refractivity contribution is 7.12. The highest BCUT2D eigenvalue weighted by atomic mass is 32.1. The highest BCUT2D eigenvalue weighted by Crippen LogP contribution is 2.08. The molecule has 1 rings (SSSR count). The maximum Gasteiger partial charge on any atom is 0.186 e. The molecule has 1 aromatic heterocycles. The van der Waals surface area contributed by atoms with Crippen LogP contribution in [0.25, 0.3) is 0 Å². The van der Waals surface area contributed by atoms with Crippen LogP contribution in [0, 0.1) is 0 Å². The van der Waals surface area contributed by atoms with Crippen LogP contribution in [-0.4, -0.2) is 30.6 Å². The molecule has 3 nitrogen and oxygen atoms in total. The topological polar surface area (TPSA) is 49.3 Å². The lowest BCUT2D eigenvalue weighted by atomic mass is 10.3. The maximum absolute atomic E-state index is 11.2. The number of aliphatic hydroxyl groups excluding tert-OH is 1. The Bertz CT molecular complexity index is 233. The molecule has 12 heavy (non-hydrogen) atoms. The van der Waals surface area contributed by atoms with Crippen LogP contribution in [0.2, 0.25) is 0 Å². The molecule has 0 aliphatic carbocycles. The van der Waals surface area contributed by atoms with Crippen LogP contribution in [0.1, 0.15) is 9.67 Å². The van der Waals surface area contributed by atoms with Crippen LogP contribution in [0.5, 0.6) is 0 Å². The van der Waals surface area contributed by atoms with Crippen molar-refractivity contribution >= 4 is 17.1 Å². The zero-order chi connectivity index (χ0) is 8.81. The Morgan fingerprint density at radius 2 is 2.50 bits per heavy atom. The van der Waals surface area contributed by atoms with E-state index in [0.717, 1.165) is 4.88 Å². The summed E-state index contributed by atoms with van der Waals surface area (Å²) < 4.78 is 0.